The van der Waals surface area contributed by atoms with Crippen LogP contribution in [0, 0.1) is 0 Å². The molecule has 0 saturated carbocycles. The third kappa shape index (κ3) is 4.94. The number of alkyl halides is 3. The highest BCUT2D eigenvalue weighted by atomic mass is 35.6. The molecule has 1 aromatic rings. The number of rotatable bonds is 1. The predicted octanol–water partition coefficient (Wildman–Crippen LogP) is 3.81. The summed E-state index contributed by atoms with van der Waals surface area (Å²) < 4.78 is 3.22. The van der Waals surface area contributed by atoms with Crippen molar-refractivity contribution in [2.75, 3.05) is 0 Å². The molecule has 0 atom stereocenters. The molecule has 12 heavy (non-hydrogen) atoms. The van der Waals surface area contributed by atoms with Gasteiger partial charge in [0, 0.05) is 0 Å². The summed E-state index contributed by atoms with van der Waals surface area (Å²) in [6.07, 6.45) is 0. The van der Waals surface area contributed by atoms with Crippen LogP contribution in [0.4, 0.5) is 0 Å². The van der Waals surface area contributed by atoms with Crippen molar-refractivity contribution in [1.82, 2.24) is 0 Å². The average molecular weight is 248 g/mol. The lowest BCUT2D eigenvalue weighted by atomic mass is 10.3. The summed E-state index contributed by atoms with van der Waals surface area (Å²) in [5.41, 5.74) is 0. The lowest BCUT2D eigenvalue weighted by molar-refractivity contribution is 0.320. The third-order valence-electron chi connectivity index (χ3n) is 0.977. The van der Waals surface area contributed by atoms with Gasteiger partial charge in [-0.2, -0.15) is 0 Å². The number of benzene rings is 1. The minimum atomic E-state index is -1.68. The van der Waals surface area contributed by atoms with Crippen molar-refractivity contribution in [3.05, 3.63) is 30.3 Å². The zero-order valence-corrected chi connectivity index (χ0v) is 8.92. The maximum atomic E-state index is 5.38. The van der Waals surface area contributed by atoms with E-state index >= 15 is 0 Å². The molecule has 0 radical (unpaired) electrons. The Balaban J connectivity index is 0.00000121. The van der Waals surface area contributed by atoms with Crippen LogP contribution in [0.1, 0.15) is 0 Å². The molecular formula is C7H6Cl4O. The van der Waals surface area contributed by atoms with E-state index in [1.807, 2.05) is 6.07 Å². The molecule has 0 spiro atoms. The van der Waals surface area contributed by atoms with Gasteiger partial charge in [0.05, 0.1) is 0 Å². The van der Waals surface area contributed by atoms with Crippen molar-refractivity contribution in [3.63, 3.8) is 0 Å². The summed E-state index contributed by atoms with van der Waals surface area (Å²) in [5.74, 6) is 0.535. The van der Waals surface area contributed by atoms with Crippen molar-refractivity contribution in [1.29, 1.82) is 0 Å². The van der Waals surface area contributed by atoms with Gasteiger partial charge in [0.2, 0.25) is 0 Å². The smallest absolute Gasteiger partial charge is 0.338 e. The lowest BCUT2D eigenvalue weighted by Crippen LogP contribution is -2.12. The van der Waals surface area contributed by atoms with Gasteiger partial charge in [-0.1, -0.05) is 18.2 Å². The Morgan fingerprint density at radius 2 is 1.50 bits per heavy atom. The largest absolute Gasteiger partial charge is 0.446 e. The quantitative estimate of drug-likeness (QED) is 0.686. The van der Waals surface area contributed by atoms with Gasteiger partial charge in [0.25, 0.3) is 0 Å². The highest BCUT2D eigenvalue weighted by molar-refractivity contribution is 6.66. The standard InChI is InChI=1S/C7H5Cl3O.ClH/c8-7(9,10)11-6-4-2-1-3-5-6;/h1-5H;1H. The minimum absolute atomic E-state index is 0. The summed E-state index contributed by atoms with van der Waals surface area (Å²) >= 11 is 16.1. The molecule has 0 amide bonds. The van der Waals surface area contributed by atoms with Crippen molar-refractivity contribution in [2.45, 2.75) is 3.98 Å². The van der Waals surface area contributed by atoms with Crippen LogP contribution in [0.3, 0.4) is 0 Å². The van der Waals surface area contributed by atoms with Crippen LogP contribution in [0.5, 0.6) is 5.75 Å². The summed E-state index contributed by atoms with van der Waals surface area (Å²) in [5, 5.41) is 0. The van der Waals surface area contributed by atoms with Crippen LogP contribution < -0.4 is 4.74 Å². The Bertz CT molecular complexity index is 219. The summed E-state index contributed by atoms with van der Waals surface area (Å²) in [6.45, 7) is 0. The van der Waals surface area contributed by atoms with E-state index in [1.54, 1.807) is 24.3 Å². The summed E-state index contributed by atoms with van der Waals surface area (Å²) in [6, 6.07) is 8.87. The van der Waals surface area contributed by atoms with E-state index in [9.17, 15) is 0 Å². The van der Waals surface area contributed by atoms with Gasteiger partial charge in [0.1, 0.15) is 5.75 Å². The van der Waals surface area contributed by atoms with Crippen LogP contribution in [0.15, 0.2) is 30.3 Å². The van der Waals surface area contributed by atoms with Crippen LogP contribution in [-0.2, 0) is 0 Å². The maximum Gasteiger partial charge on any atom is 0.338 e. The van der Waals surface area contributed by atoms with E-state index in [4.69, 9.17) is 39.5 Å². The molecule has 0 aliphatic rings. The van der Waals surface area contributed by atoms with Gasteiger partial charge in [-0.05, 0) is 46.9 Å². The molecule has 5 heteroatoms. The molecule has 0 unspecified atom stereocenters. The van der Waals surface area contributed by atoms with E-state index in [-0.39, 0.29) is 12.4 Å². The second kappa shape index (κ2) is 5.03. The van der Waals surface area contributed by atoms with Crippen LogP contribution in [-0.4, -0.2) is 3.98 Å². The van der Waals surface area contributed by atoms with Crippen LogP contribution >= 0.6 is 47.2 Å². The van der Waals surface area contributed by atoms with Gasteiger partial charge in [-0.3, -0.25) is 0 Å². The molecule has 0 N–H and O–H groups in total. The van der Waals surface area contributed by atoms with Gasteiger partial charge in [-0.25, -0.2) is 0 Å². The molecule has 0 aliphatic carbocycles. The topological polar surface area (TPSA) is 9.23 Å². The van der Waals surface area contributed by atoms with E-state index in [0.29, 0.717) is 5.75 Å². The second-order valence-electron chi connectivity index (χ2n) is 1.86. The Kier molecular flexibility index (Phi) is 5.10. The predicted molar refractivity (Wildman–Crippen MR) is 54.6 cm³/mol. The Labute approximate surface area is 92.0 Å². The van der Waals surface area contributed by atoms with Crippen molar-refractivity contribution < 1.29 is 4.74 Å². The van der Waals surface area contributed by atoms with Crippen molar-refractivity contribution in [3.8, 4) is 5.75 Å². The highest BCUT2D eigenvalue weighted by Gasteiger charge is 2.21. The molecule has 1 aromatic carbocycles. The molecule has 1 nitrogen and oxygen atoms in total. The average Bonchev–Trinajstić information content (AvgIpc) is 1.85. The first-order valence-electron chi connectivity index (χ1n) is 2.89. The molecule has 0 aliphatic heterocycles. The van der Waals surface area contributed by atoms with Crippen molar-refractivity contribution in [2.24, 2.45) is 0 Å². The zero-order chi connectivity index (χ0) is 8.32. The second-order valence-corrected chi connectivity index (χ2v) is 4.04. The molecule has 0 fully saturated rings. The van der Waals surface area contributed by atoms with E-state index < -0.39 is 3.98 Å². The fourth-order valence-electron chi connectivity index (χ4n) is 0.622. The molecule has 0 heterocycles. The normalized spacial score (nSPS) is 10.2. The third-order valence-corrected chi connectivity index (χ3v) is 1.21. The van der Waals surface area contributed by atoms with E-state index in [0.717, 1.165) is 0 Å². The maximum absolute atomic E-state index is 5.38. The number of halogens is 4. The van der Waals surface area contributed by atoms with E-state index in [1.165, 1.54) is 0 Å². The Morgan fingerprint density at radius 1 is 1.00 bits per heavy atom. The Morgan fingerprint density at radius 3 is 1.92 bits per heavy atom. The number of hydrogen-bond donors (Lipinski definition) is 0. The first-order valence-corrected chi connectivity index (χ1v) is 4.02. The minimum Gasteiger partial charge on any atom is -0.446 e. The zero-order valence-electron chi connectivity index (χ0n) is 5.84. The molecule has 68 valence electrons. The first kappa shape index (κ1) is 12.2. The fourth-order valence-corrected chi connectivity index (χ4v) is 0.889. The van der Waals surface area contributed by atoms with Gasteiger partial charge in [0.15, 0.2) is 0 Å². The van der Waals surface area contributed by atoms with E-state index in [2.05, 4.69) is 0 Å². The fraction of sp³-hybridized carbons (Fsp3) is 0.143. The number of hydrogen-bond acceptors (Lipinski definition) is 1. The van der Waals surface area contributed by atoms with Crippen LogP contribution in [0.25, 0.3) is 0 Å². The lowest BCUT2D eigenvalue weighted by Gasteiger charge is -2.12. The number of para-hydroxylation sites is 1. The SMILES string of the molecule is Cl.ClC(Cl)(Cl)Oc1ccccc1. The molecule has 1 rings (SSSR count). The summed E-state index contributed by atoms with van der Waals surface area (Å²) in [7, 11) is 0. The molecule has 0 saturated heterocycles. The Hall–Kier alpha value is 0.180. The van der Waals surface area contributed by atoms with Gasteiger partial charge in [-0.15, -0.1) is 12.4 Å². The monoisotopic (exact) mass is 246 g/mol. The number of ether oxygens (including phenoxy) is 1. The molecule has 0 aromatic heterocycles. The first-order chi connectivity index (χ1) is 5.08. The van der Waals surface area contributed by atoms with Crippen LogP contribution in [0.2, 0.25) is 0 Å². The van der Waals surface area contributed by atoms with Gasteiger partial charge >= 0.3 is 3.98 Å². The molecule has 0 bridgehead atoms. The summed E-state index contributed by atoms with van der Waals surface area (Å²) in [4.78, 5) is 0. The molecular weight excluding hydrogens is 242 g/mol. The highest BCUT2D eigenvalue weighted by Crippen LogP contribution is 2.29. The van der Waals surface area contributed by atoms with Crippen molar-refractivity contribution >= 4 is 47.2 Å². The van der Waals surface area contributed by atoms with Gasteiger partial charge < -0.3 is 4.74 Å².